The van der Waals surface area contributed by atoms with Crippen LogP contribution in [0.3, 0.4) is 0 Å². The van der Waals surface area contributed by atoms with Crippen molar-refractivity contribution >= 4 is 23.6 Å². The molecule has 0 radical (unpaired) electrons. The Morgan fingerprint density at radius 2 is 2.12 bits per heavy atom. The van der Waals surface area contributed by atoms with Crippen molar-refractivity contribution < 1.29 is 4.79 Å². The van der Waals surface area contributed by atoms with Crippen LogP contribution in [0.4, 0.5) is 0 Å². The molecule has 0 aliphatic heterocycles. The van der Waals surface area contributed by atoms with Gasteiger partial charge in [0.05, 0.1) is 0 Å². The van der Waals surface area contributed by atoms with Gasteiger partial charge in [-0.15, -0.1) is 0 Å². The van der Waals surface area contributed by atoms with Crippen LogP contribution in [0.1, 0.15) is 26.5 Å². The van der Waals surface area contributed by atoms with Gasteiger partial charge >= 0.3 is 0 Å². The molecule has 0 aromatic carbocycles. The minimum atomic E-state index is -0.00254. The van der Waals surface area contributed by atoms with Crippen molar-refractivity contribution in [2.45, 2.75) is 31.9 Å². The van der Waals surface area contributed by atoms with Gasteiger partial charge in [0.1, 0.15) is 6.54 Å². The molecule has 1 aromatic heterocycles. The zero-order valence-corrected chi connectivity index (χ0v) is 16.8. The number of guanidine groups is 1. The summed E-state index contributed by atoms with van der Waals surface area (Å²) in [5.74, 6) is 0.674. The molecule has 0 saturated carbocycles. The SMILES string of the molecule is CCNC(=NCC(=O)N(C)CCc1ccccn1)NCC(C)(C)SC. The number of likely N-dealkylation sites (N-methyl/N-ethyl adjacent to an activating group) is 1. The lowest BCUT2D eigenvalue weighted by molar-refractivity contribution is -0.128. The molecule has 6 nitrogen and oxygen atoms in total. The number of amides is 1. The first-order valence-corrected chi connectivity index (χ1v) is 9.81. The topological polar surface area (TPSA) is 69.6 Å². The number of nitrogens with zero attached hydrogens (tertiary/aromatic N) is 3. The van der Waals surface area contributed by atoms with E-state index in [1.807, 2.05) is 25.1 Å². The molecule has 0 saturated heterocycles. The van der Waals surface area contributed by atoms with E-state index in [0.29, 0.717) is 12.5 Å². The predicted molar refractivity (Wildman–Crippen MR) is 107 cm³/mol. The molecular formula is C18H31N5OS. The normalized spacial score (nSPS) is 12.0. The number of carbonyl (C=O) groups excluding carboxylic acids is 1. The van der Waals surface area contributed by atoms with Crippen LogP contribution >= 0.6 is 11.8 Å². The number of aromatic nitrogens is 1. The fraction of sp³-hybridized carbons (Fsp3) is 0.611. The van der Waals surface area contributed by atoms with E-state index in [9.17, 15) is 4.79 Å². The van der Waals surface area contributed by atoms with E-state index < -0.39 is 0 Å². The largest absolute Gasteiger partial charge is 0.357 e. The Morgan fingerprint density at radius 1 is 1.36 bits per heavy atom. The minimum absolute atomic E-state index is 0.00254. The summed E-state index contributed by atoms with van der Waals surface area (Å²) in [6, 6.07) is 5.82. The van der Waals surface area contributed by atoms with E-state index in [2.05, 4.69) is 40.7 Å². The summed E-state index contributed by atoms with van der Waals surface area (Å²) in [7, 11) is 1.80. The Bertz CT molecular complexity index is 548. The van der Waals surface area contributed by atoms with Crippen molar-refractivity contribution in [1.29, 1.82) is 0 Å². The lowest BCUT2D eigenvalue weighted by Gasteiger charge is -2.24. The first-order valence-electron chi connectivity index (χ1n) is 8.59. The maximum atomic E-state index is 12.3. The molecule has 0 spiro atoms. The Labute approximate surface area is 155 Å². The molecule has 0 aliphatic rings. The molecule has 0 unspecified atom stereocenters. The van der Waals surface area contributed by atoms with Gasteiger partial charge in [0.25, 0.3) is 0 Å². The molecule has 0 fully saturated rings. The van der Waals surface area contributed by atoms with Crippen molar-refractivity contribution in [3.8, 4) is 0 Å². The number of nitrogens with one attached hydrogen (secondary N) is 2. The van der Waals surface area contributed by atoms with Crippen LogP contribution in [-0.2, 0) is 11.2 Å². The van der Waals surface area contributed by atoms with Crippen molar-refractivity contribution in [1.82, 2.24) is 20.5 Å². The van der Waals surface area contributed by atoms with Gasteiger partial charge in [-0.25, -0.2) is 4.99 Å². The van der Waals surface area contributed by atoms with Gasteiger partial charge in [0.2, 0.25) is 5.91 Å². The minimum Gasteiger partial charge on any atom is -0.357 e. The Morgan fingerprint density at radius 3 is 2.72 bits per heavy atom. The molecule has 0 atom stereocenters. The lowest BCUT2D eigenvalue weighted by atomic mass is 10.2. The summed E-state index contributed by atoms with van der Waals surface area (Å²) in [4.78, 5) is 22.7. The third-order valence-corrected chi connectivity index (χ3v) is 5.06. The van der Waals surface area contributed by atoms with Gasteiger partial charge in [0, 0.05) is 49.7 Å². The van der Waals surface area contributed by atoms with Crippen LogP contribution in [0.15, 0.2) is 29.4 Å². The first kappa shape index (κ1) is 21.3. The molecule has 7 heteroatoms. The quantitative estimate of drug-likeness (QED) is 0.516. The Kier molecular flexibility index (Phi) is 9.34. The van der Waals surface area contributed by atoms with Crippen LogP contribution in [0.5, 0.6) is 0 Å². The maximum Gasteiger partial charge on any atom is 0.244 e. The van der Waals surface area contributed by atoms with Gasteiger partial charge in [-0.05, 0) is 39.2 Å². The van der Waals surface area contributed by atoms with Crippen molar-refractivity contribution in [2.24, 2.45) is 4.99 Å². The molecule has 0 bridgehead atoms. The number of thioether (sulfide) groups is 1. The Balaban J connectivity index is 2.49. The summed E-state index contributed by atoms with van der Waals surface area (Å²) < 4.78 is 0.111. The highest BCUT2D eigenvalue weighted by molar-refractivity contribution is 7.99. The van der Waals surface area contributed by atoms with Gasteiger partial charge < -0.3 is 15.5 Å². The Hall–Kier alpha value is -1.76. The van der Waals surface area contributed by atoms with Crippen LogP contribution < -0.4 is 10.6 Å². The molecule has 1 amide bonds. The second-order valence-corrected chi connectivity index (χ2v) is 7.91. The number of hydrogen-bond donors (Lipinski definition) is 2. The number of hydrogen-bond acceptors (Lipinski definition) is 4. The average Bonchev–Trinajstić information content (AvgIpc) is 2.62. The van der Waals surface area contributed by atoms with Gasteiger partial charge in [0.15, 0.2) is 5.96 Å². The van der Waals surface area contributed by atoms with Crippen molar-refractivity contribution in [3.05, 3.63) is 30.1 Å². The zero-order valence-electron chi connectivity index (χ0n) is 16.0. The maximum absolute atomic E-state index is 12.3. The molecule has 2 N–H and O–H groups in total. The fourth-order valence-electron chi connectivity index (χ4n) is 1.93. The number of aliphatic imine (C=N–C) groups is 1. The number of rotatable bonds is 9. The van der Waals surface area contributed by atoms with Gasteiger partial charge in [-0.2, -0.15) is 11.8 Å². The van der Waals surface area contributed by atoms with Crippen LogP contribution in [0.25, 0.3) is 0 Å². The highest BCUT2D eigenvalue weighted by Crippen LogP contribution is 2.19. The first-order chi connectivity index (χ1) is 11.9. The fourth-order valence-corrected chi connectivity index (χ4v) is 2.15. The lowest BCUT2D eigenvalue weighted by Crippen LogP contribution is -2.44. The van der Waals surface area contributed by atoms with Crippen LogP contribution in [-0.4, -0.2) is 66.0 Å². The molecule has 1 heterocycles. The van der Waals surface area contributed by atoms with Crippen molar-refractivity contribution in [2.75, 3.05) is 39.5 Å². The van der Waals surface area contributed by atoms with E-state index in [1.54, 1.807) is 29.9 Å². The highest BCUT2D eigenvalue weighted by Gasteiger charge is 2.16. The van der Waals surface area contributed by atoms with E-state index in [4.69, 9.17) is 0 Å². The standard InChI is InChI=1S/C18H31N5OS/c1-6-19-17(22-14-18(2,3)25-5)21-13-16(24)23(4)12-10-15-9-7-8-11-20-15/h7-9,11H,6,10,12-14H2,1-5H3,(H2,19,21,22). The van der Waals surface area contributed by atoms with E-state index in [-0.39, 0.29) is 17.2 Å². The van der Waals surface area contributed by atoms with Crippen molar-refractivity contribution in [3.63, 3.8) is 0 Å². The molecular weight excluding hydrogens is 334 g/mol. The second kappa shape index (κ2) is 11.0. The van der Waals surface area contributed by atoms with Gasteiger partial charge in [-0.3, -0.25) is 9.78 Å². The highest BCUT2D eigenvalue weighted by atomic mass is 32.2. The predicted octanol–water partition coefficient (Wildman–Crippen LogP) is 1.78. The summed E-state index contributed by atoms with van der Waals surface area (Å²) >= 11 is 1.79. The molecule has 1 aromatic rings. The van der Waals surface area contributed by atoms with Crippen LogP contribution in [0, 0.1) is 0 Å². The third-order valence-electron chi connectivity index (χ3n) is 3.81. The third kappa shape index (κ3) is 8.77. The van der Waals surface area contributed by atoms with Gasteiger partial charge in [-0.1, -0.05) is 6.07 Å². The number of carbonyl (C=O) groups is 1. The molecule has 25 heavy (non-hydrogen) atoms. The van der Waals surface area contributed by atoms with E-state index >= 15 is 0 Å². The summed E-state index contributed by atoms with van der Waals surface area (Å²) in [6.07, 6.45) is 4.60. The summed E-state index contributed by atoms with van der Waals surface area (Å²) in [5.41, 5.74) is 0.986. The second-order valence-electron chi connectivity index (χ2n) is 6.40. The molecule has 1 rings (SSSR count). The average molecular weight is 366 g/mol. The van der Waals surface area contributed by atoms with E-state index in [0.717, 1.165) is 25.2 Å². The molecule has 140 valence electrons. The smallest absolute Gasteiger partial charge is 0.244 e. The zero-order chi connectivity index (χ0) is 18.7. The van der Waals surface area contributed by atoms with E-state index in [1.165, 1.54) is 0 Å². The summed E-state index contributed by atoms with van der Waals surface area (Å²) in [6.45, 7) is 8.66. The summed E-state index contributed by atoms with van der Waals surface area (Å²) in [5, 5.41) is 6.48. The number of pyridine rings is 1. The van der Waals surface area contributed by atoms with Crippen LogP contribution in [0.2, 0.25) is 0 Å². The molecule has 0 aliphatic carbocycles. The monoisotopic (exact) mass is 365 g/mol.